The summed E-state index contributed by atoms with van der Waals surface area (Å²) in [6.07, 6.45) is 0.234. The molecule has 0 aromatic heterocycles. The van der Waals surface area contributed by atoms with Gasteiger partial charge in [0, 0.05) is 31.7 Å². The molecule has 0 saturated carbocycles. The minimum atomic E-state index is 0.0409. The number of piperazine rings is 1. The van der Waals surface area contributed by atoms with Crippen LogP contribution in [0.1, 0.15) is 12.5 Å². The average molecular weight is 307 g/mol. The Hall–Kier alpha value is -1.66. The standard InChI is InChI=1S/C15H21N3O2S/c1-11(15(16)21)17-6-8-18(9-7-17)14(20)10-12-4-2-3-5-13(12)19/h2-5,11,19H,6-10H2,1H3,(H2,16,21). The number of nitrogens with two attached hydrogens (primary N) is 1. The number of rotatable bonds is 4. The summed E-state index contributed by atoms with van der Waals surface area (Å²) < 4.78 is 0. The van der Waals surface area contributed by atoms with Crippen molar-refractivity contribution in [1.29, 1.82) is 0 Å². The Kier molecular flexibility index (Phi) is 5.14. The summed E-state index contributed by atoms with van der Waals surface area (Å²) >= 11 is 5.01. The van der Waals surface area contributed by atoms with E-state index in [1.54, 1.807) is 18.2 Å². The number of amides is 1. The maximum atomic E-state index is 12.3. The van der Waals surface area contributed by atoms with Gasteiger partial charge >= 0.3 is 0 Å². The minimum Gasteiger partial charge on any atom is -0.508 e. The van der Waals surface area contributed by atoms with E-state index in [1.807, 2.05) is 17.9 Å². The topological polar surface area (TPSA) is 69.8 Å². The van der Waals surface area contributed by atoms with Crippen molar-refractivity contribution in [3.05, 3.63) is 29.8 Å². The summed E-state index contributed by atoms with van der Waals surface area (Å²) in [5, 5.41) is 9.73. The summed E-state index contributed by atoms with van der Waals surface area (Å²) in [4.78, 5) is 16.8. The molecule has 2 rings (SSSR count). The molecule has 1 aromatic rings. The van der Waals surface area contributed by atoms with Crippen LogP contribution in [0.3, 0.4) is 0 Å². The monoisotopic (exact) mass is 307 g/mol. The van der Waals surface area contributed by atoms with Gasteiger partial charge in [0.2, 0.25) is 5.91 Å². The molecule has 0 bridgehead atoms. The molecule has 3 N–H and O–H groups in total. The molecule has 1 heterocycles. The zero-order valence-electron chi connectivity index (χ0n) is 12.2. The Morgan fingerprint density at radius 1 is 1.33 bits per heavy atom. The highest BCUT2D eigenvalue weighted by molar-refractivity contribution is 7.80. The van der Waals surface area contributed by atoms with Crippen molar-refractivity contribution in [1.82, 2.24) is 9.80 Å². The van der Waals surface area contributed by atoms with Crippen molar-refractivity contribution >= 4 is 23.1 Å². The molecule has 1 aliphatic rings. The van der Waals surface area contributed by atoms with Crippen molar-refractivity contribution < 1.29 is 9.90 Å². The predicted octanol–water partition coefficient (Wildman–Crippen LogP) is 0.753. The van der Waals surface area contributed by atoms with Gasteiger partial charge in [-0.15, -0.1) is 0 Å². The number of aromatic hydroxyl groups is 1. The molecule has 1 aliphatic heterocycles. The lowest BCUT2D eigenvalue weighted by Crippen LogP contribution is -2.54. The Morgan fingerprint density at radius 2 is 1.95 bits per heavy atom. The molecule has 21 heavy (non-hydrogen) atoms. The largest absolute Gasteiger partial charge is 0.508 e. The van der Waals surface area contributed by atoms with Crippen LogP contribution in [-0.4, -0.2) is 58.0 Å². The van der Waals surface area contributed by atoms with E-state index < -0.39 is 0 Å². The van der Waals surface area contributed by atoms with E-state index in [9.17, 15) is 9.90 Å². The van der Waals surface area contributed by atoms with Gasteiger partial charge in [-0.1, -0.05) is 30.4 Å². The number of thiocarbonyl (C=S) groups is 1. The summed E-state index contributed by atoms with van der Waals surface area (Å²) in [6.45, 7) is 4.86. The van der Waals surface area contributed by atoms with Crippen LogP contribution < -0.4 is 5.73 Å². The highest BCUT2D eigenvalue weighted by atomic mass is 32.1. The first-order chi connectivity index (χ1) is 9.99. The lowest BCUT2D eigenvalue weighted by molar-refractivity contribution is -0.132. The second kappa shape index (κ2) is 6.87. The van der Waals surface area contributed by atoms with Crippen LogP contribution in [-0.2, 0) is 11.2 Å². The summed E-state index contributed by atoms with van der Waals surface area (Å²) in [6, 6.07) is 7.02. The molecule has 1 saturated heterocycles. The van der Waals surface area contributed by atoms with Gasteiger partial charge in [0.1, 0.15) is 5.75 Å². The number of phenolic OH excluding ortho intramolecular Hbond substituents is 1. The van der Waals surface area contributed by atoms with Crippen molar-refractivity contribution in [3.8, 4) is 5.75 Å². The van der Waals surface area contributed by atoms with Crippen molar-refractivity contribution in [2.24, 2.45) is 5.73 Å². The SMILES string of the molecule is CC(C(N)=S)N1CCN(C(=O)Cc2ccccc2O)CC1. The van der Waals surface area contributed by atoms with Gasteiger partial charge < -0.3 is 15.7 Å². The molecule has 114 valence electrons. The van der Waals surface area contributed by atoms with Crippen LogP contribution in [0.4, 0.5) is 0 Å². The molecule has 0 spiro atoms. The van der Waals surface area contributed by atoms with E-state index in [2.05, 4.69) is 4.90 Å². The van der Waals surface area contributed by atoms with Gasteiger partial charge in [-0.25, -0.2) is 0 Å². The summed E-state index contributed by atoms with van der Waals surface area (Å²) in [7, 11) is 0. The highest BCUT2D eigenvalue weighted by Crippen LogP contribution is 2.17. The van der Waals surface area contributed by atoms with Gasteiger partial charge in [0.15, 0.2) is 0 Å². The maximum Gasteiger partial charge on any atom is 0.227 e. The number of phenols is 1. The number of benzene rings is 1. The molecular weight excluding hydrogens is 286 g/mol. The van der Waals surface area contributed by atoms with E-state index in [1.165, 1.54) is 0 Å². The average Bonchev–Trinajstić information content (AvgIpc) is 2.49. The first-order valence-corrected chi connectivity index (χ1v) is 7.48. The zero-order valence-corrected chi connectivity index (χ0v) is 13.0. The molecule has 1 aromatic carbocycles. The fraction of sp³-hybridized carbons (Fsp3) is 0.467. The smallest absolute Gasteiger partial charge is 0.227 e. The van der Waals surface area contributed by atoms with Crippen LogP contribution in [0.5, 0.6) is 5.75 Å². The maximum absolute atomic E-state index is 12.3. The highest BCUT2D eigenvalue weighted by Gasteiger charge is 2.25. The van der Waals surface area contributed by atoms with Gasteiger partial charge in [0.05, 0.1) is 17.5 Å². The van der Waals surface area contributed by atoms with E-state index in [-0.39, 0.29) is 24.1 Å². The normalized spacial score (nSPS) is 17.5. The molecule has 1 atom stereocenters. The molecule has 0 radical (unpaired) electrons. The van der Waals surface area contributed by atoms with Crippen molar-refractivity contribution in [3.63, 3.8) is 0 Å². The third-order valence-corrected chi connectivity index (χ3v) is 4.30. The van der Waals surface area contributed by atoms with Crippen LogP contribution in [0.25, 0.3) is 0 Å². The second-order valence-corrected chi connectivity index (χ2v) is 5.77. The third-order valence-electron chi connectivity index (χ3n) is 3.96. The third kappa shape index (κ3) is 3.92. The first-order valence-electron chi connectivity index (χ1n) is 7.07. The molecule has 1 fully saturated rings. The molecule has 6 heteroatoms. The fourth-order valence-electron chi connectivity index (χ4n) is 2.47. The van der Waals surface area contributed by atoms with E-state index >= 15 is 0 Å². The van der Waals surface area contributed by atoms with Gasteiger partial charge in [-0.05, 0) is 13.0 Å². The molecule has 5 nitrogen and oxygen atoms in total. The molecule has 1 amide bonds. The first kappa shape index (κ1) is 15.7. The summed E-state index contributed by atoms with van der Waals surface area (Å²) in [5.41, 5.74) is 6.33. The Morgan fingerprint density at radius 3 is 2.52 bits per heavy atom. The number of hydrogen-bond donors (Lipinski definition) is 2. The fourth-order valence-corrected chi connectivity index (χ4v) is 2.62. The van der Waals surface area contributed by atoms with Crippen LogP contribution in [0.2, 0.25) is 0 Å². The minimum absolute atomic E-state index is 0.0409. The van der Waals surface area contributed by atoms with Crippen molar-refractivity contribution in [2.45, 2.75) is 19.4 Å². The Bertz CT molecular complexity index is 527. The van der Waals surface area contributed by atoms with Crippen LogP contribution >= 0.6 is 12.2 Å². The van der Waals surface area contributed by atoms with E-state index in [4.69, 9.17) is 18.0 Å². The van der Waals surface area contributed by atoms with E-state index in [0.29, 0.717) is 23.6 Å². The predicted molar refractivity (Wildman–Crippen MR) is 86.2 cm³/mol. The summed E-state index contributed by atoms with van der Waals surface area (Å²) in [5.74, 6) is 0.214. The Labute approximate surface area is 130 Å². The zero-order chi connectivity index (χ0) is 15.4. The molecular formula is C15H21N3O2S. The molecule has 0 aliphatic carbocycles. The lowest BCUT2D eigenvalue weighted by Gasteiger charge is -2.37. The quantitative estimate of drug-likeness (QED) is 0.804. The second-order valence-electron chi connectivity index (χ2n) is 5.30. The number of para-hydroxylation sites is 1. The number of carbonyl (C=O) groups is 1. The number of hydrogen-bond acceptors (Lipinski definition) is 4. The van der Waals surface area contributed by atoms with Crippen LogP contribution in [0.15, 0.2) is 24.3 Å². The lowest BCUT2D eigenvalue weighted by atomic mass is 10.1. The number of carbonyl (C=O) groups excluding carboxylic acids is 1. The molecule has 1 unspecified atom stereocenters. The van der Waals surface area contributed by atoms with Crippen LogP contribution in [0, 0.1) is 0 Å². The van der Waals surface area contributed by atoms with E-state index in [0.717, 1.165) is 13.1 Å². The van der Waals surface area contributed by atoms with Gasteiger partial charge in [0.25, 0.3) is 0 Å². The van der Waals surface area contributed by atoms with Gasteiger partial charge in [-0.3, -0.25) is 9.69 Å². The number of nitrogens with zero attached hydrogens (tertiary/aromatic N) is 2. The Balaban J connectivity index is 1.89. The van der Waals surface area contributed by atoms with Crippen molar-refractivity contribution in [2.75, 3.05) is 26.2 Å². The van der Waals surface area contributed by atoms with Gasteiger partial charge in [-0.2, -0.15) is 0 Å².